The van der Waals surface area contributed by atoms with Gasteiger partial charge < -0.3 is 9.84 Å². The van der Waals surface area contributed by atoms with Gasteiger partial charge in [0.05, 0.1) is 5.54 Å². The normalized spacial score (nSPS) is 31.2. The lowest BCUT2D eigenvalue weighted by Gasteiger charge is -2.59. The Hall–Kier alpha value is -1.85. The summed E-state index contributed by atoms with van der Waals surface area (Å²) in [5.74, 6) is 2.01. The second kappa shape index (κ2) is 9.07. The van der Waals surface area contributed by atoms with Crippen LogP contribution in [-0.2, 0) is 5.54 Å². The van der Waals surface area contributed by atoms with Crippen LogP contribution < -0.4 is 4.74 Å². The van der Waals surface area contributed by atoms with Crippen molar-refractivity contribution in [2.45, 2.75) is 65.1 Å². The van der Waals surface area contributed by atoms with Gasteiger partial charge in [-0.05, 0) is 82.3 Å². The van der Waals surface area contributed by atoms with E-state index >= 15 is 0 Å². The molecule has 0 aromatic heterocycles. The van der Waals surface area contributed by atoms with Crippen LogP contribution in [0.5, 0.6) is 5.75 Å². The van der Waals surface area contributed by atoms with E-state index in [1.165, 1.54) is 25.1 Å². The lowest BCUT2D eigenvalue weighted by atomic mass is 9.57. The maximum absolute atomic E-state index is 14.9. The molecule has 1 aliphatic carbocycles. The summed E-state index contributed by atoms with van der Waals surface area (Å²) in [6.07, 6.45) is 6.69. The van der Waals surface area contributed by atoms with Gasteiger partial charge in [0, 0.05) is 31.6 Å². The van der Waals surface area contributed by atoms with Crippen LogP contribution in [0, 0.1) is 11.3 Å². The van der Waals surface area contributed by atoms with Gasteiger partial charge in [-0.25, -0.2) is 4.39 Å². The Morgan fingerprint density at radius 1 is 1.18 bits per heavy atom. The van der Waals surface area contributed by atoms with Crippen LogP contribution in [0.3, 0.4) is 0 Å². The molecule has 1 aromatic carbocycles. The minimum Gasteiger partial charge on any atom is -0.508 e. The van der Waals surface area contributed by atoms with Crippen molar-refractivity contribution >= 4 is 0 Å². The molecule has 2 aliphatic heterocycles. The zero-order chi connectivity index (χ0) is 23.9. The molecule has 1 N–H and O–H groups in total. The average Bonchev–Trinajstić information content (AvgIpc) is 3.16. The van der Waals surface area contributed by atoms with Crippen molar-refractivity contribution in [2.24, 2.45) is 11.3 Å². The molecular weight excluding hydrogens is 415 g/mol. The molecule has 0 amide bonds. The van der Waals surface area contributed by atoms with E-state index in [1.807, 2.05) is 12.2 Å². The van der Waals surface area contributed by atoms with Crippen molar-refractivity contribution in [1.29, 1.82) is 0 Å². The van der Waals surface area contributed by atoms with Crippen LogP contribution in [0.2, 0.25) is 0 Å². The van der Waals surface area contributed by atoms with E-state index in [-0.39, 0.29) is 5.41 Å². The molecule has 0 radical (unpaired) electrons. The number of aliphatic hydroxyl groups is 1. The number of piperidine rings is 1. The number of ether oxygens (including phenoxy) is 1. The van der Waals surface area contributed by atoms with Gasteiger partial charge in [-0.1, -0.05) is 31.6 Å². The molecule has 4 nitrogen and oxygen atoms in total. The topological polar surface area (TPSA) is 35.9 Å². The predicted molar refractivity (Wildman–Crippen MR) is 132 cm³/mol. The third-order valence-electron chi connectivity index (χ3n) is 8.28. The van der Waals surface area contributed by atoms with Crippen LogP contribution in [0.4, 0.5) is 4.39 Å². The smallest absolute Gasteiger partial charge is 0.119 e. The van der Waals surface area contributed by atoms with Gasteiger partial charge >= 0.3 is 0 Å². The number of fused-ring (bicyclic) bond motifs is 1. The van der Waals surface area contributed by atoms with Gasteiger partial charge in [-0.15, -0.1) is 0 Å². The Morgan fingerprint density at radius 3 is 2.55 bits per heavy atom. The number of halogens is 1. The Morgan fingerprint density at radius 2 is 1.91 bits per heavy atom. The highest BCUT2D eigenvalue weighted by atomic mass is 19.1. The highest BCUT2D eigenvalue weighted by molar-refractivity contribution is 5.42. The molecule has 33 heavy (non-hydrogen) atoms. The van der Waals surface area contributed by atoms with E-state index in [0.29, 0.717) is 18.9 Å². The largest absolute Gasteiger partial charge is 0.508 e. The maximum atomic E-state index is 14.9. The standard InChI is InChI=1S/C28H41FN2O2/c1-21-11-14-30(19-21)16-17-33-25-8-6-22(7-9-25)28(5)27(4)13-10-24(32)18-23(27)12-15-31(28)20-26(2,3)29/h6-10,18,21,32H,11-17,19-20H2,1-5H3/t21-,27?,28-/m1/s1. The van der Waals surface area contributed by atoms with Crippen molar-refractivity contribution < 1.29 is 14.2 Å². The number of rotatable bonds is 7. The van der Waals surface area contributed by atoms with Crippen LogP contribution in [0.1, 0.15) is 59.4 Å². The summed E-state index contributed by atoms with van der Waals surface area (Å²) in [5, 5.41) is 10.2. The summed E-state index contributed by atoms with van der Waals surface area (Å²) in [6.45, 7) is 15.3. The number of hydrogen-bond acceptors (Lipinski definition) is 4. The summed E-state index contributed by atoms with van der Waals surface area (Å²) in [6, 6.07) is 8.42. The first-order valence-electron chi connectivity index (χ1n) is 12.5. The van der Waals surface area contributed by atoms with Crippen molar-refractivity contribution in [3.8, 4) is 5.75 Å². The summed E-state index contributed by atoms with van der Waals surface area (Å²) in [5.41, 5.74) is 0.495. The SMILES string of the molecule is C[C@@H]1CCN(CCOc2ccc([C@@]3(C)N(CC(C)(C)F)CCC4=CC(O)=CCC43C)cc2)C1. The van der Waals surface area contributed by atoms with Crippen molar-refractivity contribution in [1.82, 2.24) is 9.80 Å². The molecule has 5 heteroatoms. The maximum Gasteiger partial charge on any atom is 0.119 e. The third kappa shape index (κ3) is 4.85. The summed E-state index contributed by atoms with van der Waals surface area (Å²) in [4.78, 5) is 4.78. The van der Waals surface area contributed by atoms with Crippen molar-refractivity contribution in [2.75, 3.05) is 39.3 Å². The summed E-state index contributed by atoms with van der Waals surface area (Å²) >= 11 is 0. The summed E-state index contributed by atoms with van der Waals surface area (Å²) in [7, 11) is 0. The number of likely N-dealkylation sites (tertiary alicyclic amines) is 2. The van der Waals surface area contributed by atoms with Crippen LogP contribution in [0.25, 0.3) is 0 Å². The fourth-order valence-corrected chi connectivity index (χ4v) is 6.11. The molecule has 1 aromatic rings. The number of alkyl halides is 1. The zero-order valence-corrected chi connectivity index (χ0v) is 21.0. The van der Waals surface area contributed by atoms with Gasteiger partial charge in [0.15, 0.2) is 0 Å². The first-order chi connectivity index (χ1) is 15.5. The molecule has 2 saturated heterocycles. The monoisotopic (exact) mass is 456 g/mol. The first-order valence-corrected chi connectivity index (χ1v) is 12.5. The molecule has 0 bridgehead atoms. The zero-order valence-electron chi connectivity index (χ0n) is 21.0. The van der Waals surface area contributed by atoms with Gasteiger partial charge in [0.25, 0.3) is 0 Å². The molecule has 2 fully saturated rings. The predicted octanol–water partition coefficient (Wildman–Crippen LogP) is 5.85. The van der Waals surface area contributed by atoms with Gasteiger partial charge in [-0.2, -0.15) is 0 Å². The Labute approximate surface area is 199 Å². The number of aliphatic hydroxyl groups excluding tert-OH is 1. The number of benzene rings is 1. The van der Waals surface area contributed by atoms with E-state index in [2.05, 4.69) is 54.8 Å². The minimum atomic E-state index is -1.29. The van der Waals surface area contributed by atoms with Gasteiger partial charge in [0.2, 0.25) is 0 Å². The molecule has 0 saturated carbocycles. The fraction of sp³-hybridized carbons (Fsp3) is 0.643. The van der Waals surface area contributed by atoms with E-state index < -0.39 is 11.2 Å². The highest BCUT2D eigenvalue weighted by Crippen LogP contribution is 2.57. The van der Waals surface area contributed by atoms with Crippen LogP contribution >= 0.6 is 0 Å². The second-order valence-corrected chi connectivity index (χ2v) is 11.4. The first kappa shape index (κ1) is 24.3. The van der Waals surface area contributed by atoms with E-state index in [1.54, 1.807) is 13.8 Å². The quantitative estimate of drug-likeness (QED) is 0.558. The molecular formula is C28H41FN2O2. The Kier molecular flexibility index (Phi) is 6.67. The third-order valence-corrected chi connectivity index (χ3v) is 8.28. The molecule has 1 unspecified atom stereocenters. The average molecular weight is 457 g/mol. The summed E-state index contributed by atoms with van der Waals surface area (Å²) < 4.78 is 20.9. The number of hydrogen-bond donors (Lipinski definition) is 1. The van der Waals surface area contributed by atoms with Crippen LogP contribution in [-0.4, -0.2) is 59.9 Å². The molecule has 4 rings (SSSR count). The van der Waals surface area contributed by atoms with E-state index in [4.69, 9.17) is 4.74 Å². The second-order valence-electron chi connectivity index (χ2n) is 11.4. The van der Waals surface area contributed by atoms with Gasteiger partial charge in [-0.3, -0.25) is 9.80 Å². The highest BCUT2D eigenvalue weighted by Gasteiger charge is 2.55. The fourth-order valence-electron chi connectivity index (χ4n) is 6.11. The molecule has 0 spiro atoms. The molecule has 182 valence electrons. The Bertz CT molecular complexity index is 903. The van der Waals surface area contributed by atoms with E-state index in [9.17, 15) is 9.50 Å². The molecule has 2 heterocycles. The number of allylic oxidation sites excluding steroid dienone is 2. The number of nitrogens with zero attached hydrogens (tertiary/aromatic N) is 2. The lowest BCUT2D eigenvalue weighted by molar-refractivity contribution is -0.0498. The molecule has 3 atom stereocenters. The Balaban J connectivity index is 1.55. The van der Waals surface area contributed by atoms with Crippen molar-refractivity contribution in [3.05, 3.63) is 53.3 Å². The van der Waals surface area contributed by atoms with Crippen LogP contribution in [0.15, 0.2) is 47.7 Å². The van der Waals surface area contributed by atoms with Gasteiger partial charge in [0.1, 0.15) is 23.8 Å². The lowest BCUT2D eigenvalue weighted by Crippen LogP contribution is -2.61. The minimum absolute atomic E-state index is 0.225. The van der Waals surface area contributed by atoms with E-state index in [0.717, 1.165) is 43.2 Å². The molecule has 3 aliphatic rings. The van der Waals surface area contributed by atoms with Crippen molar-refractivity contribution in [3.63, 3.8) is 0 Å².